The molecule has 2 aromatic carbocycles. The first kappa shape index (κ1) is 16.9. The number of rotatable bonds is 7. The van der Waals surface area contributed by atoms with Crippen molar-refractivity contribution in [3.8, 4) is 5.75 Å². The van der Waals surface area contributed by atoms with Crippen LogP contribution in [-0.2, 0) is 11.2 Å². The van der Waals surface area contributed by atoms with E-state index >= 15 is 0 Å². The van der Waals surface area contributed by atoms with Crippen LogP contribution < -0.4 is 15.8 Å². The molecule has 0 bridgehead atoms. The number of hydrogen-bond acceptors (Lipinski definition) is 3. The molecule has 0 spiro atoms. The SMILES string of the molecule is Cc1ccc(OCCC(=O)NCCc2ccc(N)cc2)c(C)c1. The summed E-state index contributed by atoms with van der Waals surface area (Å²) >= 11 is 0. The molecule has 1 amide bonds. The standard InChI is InChI=1S/C19H24N2O2/c1-14-3-8-18(15(2)13-14)23-12-10-19(22)21-11-9-16-4-6-17(20)7-5-16/h3-8,13H,9-12,20H2,1-2H3,(H,21,22). The average molecular weight is 312 g/mol. The third-order valence-corrected chi connectivity index (χ3v) is 3.63. The number of benzene rings is 2. The van der Waals surface area contributed by atoms with Crippen LogP contribution in [0.1, 0.15) is 23.1 Å². The second-order valence-electron chi connectivity index (χ2n) is 5.71. The summed E-state index contributed by atoms with van der Waals surface area (Å²) in [5, 5.41) is 2.91. The Morgan fingerprint density at radius 2 is 1.87 bits per heavy atom. The second-order valence-corrected chi connectivity index (χ2v) is 5.71. The number of aryl methyl sites for hydroxylation is 2. The topological polar surface area (TPSA) is 64.3 Å². The van der Waals surface area contributed by atoms with Crippen molar-refractivity contribution in [2.45, 2.75) is 26.7 Å². The van der Waals surface area contributed by atoms with Crippen LogP contribution in [0.3, 0.4) is 0 Å². The number of nitrogen functional groups attached to an aromatic ring is 1. The summed E-state index contributed by atoms with van der Waals surface area (Å²) < 4.78 is 5.67. The zero-order chi connectivity index (χ0) is 16.7. The molecular formula is C19H24N2O2. The van der Waals surface area contributed by atoms with E-state index in [1.807, 2.05) is 50.2 Å². The number of carbonyl (C=O) groups excluding carboxylic acids is 1. The van der Waals surface area contributed by atoms with Gasteiger partial charge in [-0.05, 0) is 49.6 Å². The van der Waals surface area contributed by atoms with Crippen molar-refractivity contribution in [3.63, 3.8) is 0 Å². The van der Waals surface area contributed by atoms with E-state index in [1.54, 1.807) is 0 Å². The average Bonchev–Trinajstić information content (AvgIpc) is 2.51. The lowest BCUT2D eigenvalue weighted by atomic mass is 10.1. The molecule has 0 atom stereocenters. The van der Waals surface area contributed by atoms with Crippen LogP contribution in [0.4, 0.5) is 5.69 Å². The van der Waals surface area contributed by atoms with Gasteiger partial charge in [-0.1, -0.05) is 29.8 Å². The quantitative estimate of drug-likeness (QED) is 0.772. The van der Waals surface area contributed by atoms with Gasteiger partial charge in [0, 0.05) is 12.2 Å². The predicted molar refractivity (Wildman–Crippen MR) is 93.6 cm³/mol. The Morgan fingerprint density at radius 1 is 1.13 bits per heavy atom. The van der Waals surface area contributed by atoms with Gasteiger partial charge in [0.2, 0.25) is 5.91 Å². The normalized spacial score (nSPS) is 10.3. The summed E-state index contributed by atoms with van der Waals surface area (Å²) in [5.74, 6) is 0.843. The van der Waals surface area contributed by atoms with Gasteiger partial charge in [0.25, 0.3) is 0 Å². The van der Waals surface area contributed by atoms with Crippen molar-refractivity contribution in [1.82, 2.24) is 5.32 Å². The minimum absolute atomic E-state index is 0.00482. The largest absolute Gasteiger partial charge is 0.493 e. The van der Waals surface area contributed by atoms with Crippen LogP contribution in [0.5, 0.6) is 5.75 Å². The van der Waals surface area contributed by atoms with E-state index in [-0.39, 0.29) is 5.91 Å². The summed E-state index contributed by atoms with van der Waals surface area (Å²) in [4.78, 5) is 11.8. The first-order chi connectivity index (χ1) is 11.0. The second kappa shape index (κ2) is 8.22. The molecule has 3 N–H and O–H groups in total. The third-order valence-electron chi connectivity index (χ3n) is 3.63. The number of amides is 1. The van der Waals surface area contributed by atoms with Gasteiger partial charge < -0.3 is 15.8 Å². The molecule has 2 rings (SSSR count). The van der Waals surface area contributed by atoms with E-state index < -0.39 is 0 Å². The van der Waals surface area contributed by atoms with E-state index in [0.29, 0.717) is 19.6 Å². The Labute approximate surface area is 137 Å². The van der Waals surface area contributed by atoms with Gasteiger partial charge in [-0.25, -0.2) is 0 Å². The molecule has 0 saturated carbocycles. The van der Waals surface area contributed by atoms with Gasteiger partial charge in [0.15, 0.2) is 0 Å². The van der Waals surface area contributed by atoms with Gasteiger partial charge in [-0.2, -0.15) is 0 Å². The number of ether oxygens (including phenoxy) is 1. The highest BCUT2D eigenvalue weighted by Gasteiger charge is 2.04. The van der Waals surface area contributed by atoms with E-state index in [4.69, 9.17) is 10.5 Å². The maximum absolute atomic E-state index is 11.8. The third kappa shape index (κ3) is 5.66. The molecule has 0 unspecified atom stereocenters. The van der Waals surface area contributed by atoms with Gasteiger partial charge in [0.1, 0.15) is 5.75 Å². The number of anilines is 1. The van der Waals surface area contributed by atoms with Crippen LogP contribution in [0.25, 0.3) is 0 Å². The summed E-state index contributed by atoms with van der Waals surface area (Å²) in [5.41, 5.74) is 9.85. The minimum Gasteiger partial charge on any atom is -0.493 e. The van der Waals surface area contributed by atoms with E-state index in [0.717, 1.165) is 29.0 Å². The number of nitrogens with one attached hydrogen (secondary N) is 1. The first-order valence-electron chi connectivity index (χ1n) is 7.86. The molecule has 0 fully saturated rings. The molecule has 0 aromatic heterocycles. The Balaban J connectivity index is 1.66. The summed E-state index contributed by atoms with van der Waals surface area (Å²) in [7, 11) is 0. The van der Waals surface area contributed by atoms with Crippen molar-refractivity contribution < 1.29 is 9.53 Å². The highest BCUT2D eigenvalue weighted by molar-refractivity contribution is 5.76. The van der Waals surface area contributed by atoms with Crippen LogP contribution >= 0.6 is 0 Å². The lowest BCUT2D eigenvalue weighted by Crippen LogP contribution is -2.27. The lowest BCUT2D eigenvalue weighted by Gasteiger charge is -2.10. The van der Waals surface area contributed by atoms with Crippen molar-refractivity contribution in [1.29, 1.82) is 0 Å². The lowest BCUT2D eigenvalue weighted by molar-refractivity contribution is -0.121. The molecule has 4 heteroatoms. The molecule has 0 saturated heterocycles. The number of hydrogen-bond donors (Lipinski definition) is 2. The fourth-order valence-corrected chi connectivity index (χ4v) is 2.33. The Hall–Kier alpha value is -2.49. The minimum atomic E-state index is 0.00482. The van der Waals surface area contributed by atoms with Crippen LogP contribution in [0.15, 0.2) is 42.5 Å². The first-order valence-corrected chi connectivity index (χ1v) is 7.86. The van der Waals surface area contributed by atoms with Crippen molar-refractivity contribution in [2.24, 2.45) is 0 Å². The van der Waals surface area contributed by atoms with Crippen LogP contribution in [-0.4, -0.2) is 19.1 Å². The molecule has 122 valence electrons. The zero-order valence-electron chi connectivity index (χ0n) is 13.8. The highest BCUT2D eigenvalue weighted by Crippen LogP contribution is 2.18. The summed E-state index contributed by atoms with van der Waals surface area (Å²) in [6.45, 7) is 5.06. The zero-order valence-corrected chi connectivity index (χ0v) is 13.8. The Bertz CT molecular complexity index is 651. The van der Waals surface area contributed by atoms with Gasteiger partial charge in [0.05, 0.1) is 13.0 Å². The molecule has 0 aliphatic heterocycles. The van der Waals surface area contributed by atoms with E-state index in [1.165, 1.54) is 5.56 Å². The van der Waals surface area contributed by atoms with E-state index in [9.17, 15) is 4.79 Å². The maximum Gasteiger partial charge on any atom is 0.223 e. The maximum atomic E-state index is 11.8. The van der Waals surface area contributed by atoms with Crippen molar-refractivity contribution >= 4 is 11.6 Å². The Morgan fingerprint density at radius 3 is 2.57 bits per heavy atom. The molecular weight excluding hydrogens is 288 g/mol. The molecule has 0 aliphatic rings. The fraction of sp³-hybridized carbons (Fsp3) is 0.316. The smallest absolute Gasteiger partial charge is 0.223 e. The van der Waals surface area contributed by atoms with Gasteiger partial charge in [-0.3, -0.25) is 4.79 Å². The summed E-state index contributed by atoms with van der Waals surface area (Å²) in [6, 6.07) is 13.7. The molecule has 0 radical (unpaired) electrons. The van der Waals surface area contributed by atoms with Crippen LogP contribution in [0, 0.1) is 13.8 Å². The monoisotopic (exact) mass is 312 g/mol. The molecule has 0 heterocycles. The van der Waals surface area contributed by atoms with E-state index in [2.05, 4.69) is 11.4 Å². The van der Waals surface area contributed by atoms with Crippen LogP contribution in [0.2, 0.25) is 0 Å². The van der Waals surface area contributed by atoms with Crippen molar-refractivity contribution in [3.05, 3.63) is 59.2 Å². The molecule has 2 aromatic rings. The van der Waals surface area contributed by atoms with Crippen molar-refractivity contribution in [2.75, 3.05) is 18.9 Å². The fourth-order valence-electron chi connectivity index (χ4n) is 2.33. The summed E-state index contributed by atoms with van der Waals surface area (Å²) in [6.07, 6.45) is 1.15. The number of nitrogens with two attached hydrogens (primary N) is 1. The molecule has 4 nitrogen and oxygen atoms in total. The number of carbonyl (C=O) groups is 1. The Kier molecular flexibility index (Phi) is 6.03. The molecule has 23 heavy (non-hydrogen) atoms. The predicted octanol–water partition coefficient (Wildman–Crippen LogP) is 3.01. The van der Waals surface area contributed by atoms with Gasteiger partial charge in [-0.15, -0.1) is 0 Å². The molecule has 0 aliphatic carbocycles. The van der Waals surface area contributed by atoms with Gasteiger partial charge >= 0.3 is 0 Å². The highest BCUT2D eigenvalue weighted by atomic mass is 16.5.